The van der Waals surface area contributed by atoms with Gasteiger partial charge in [0.1, 0.15) is 5.65 Å². The Balaban J connectivity index is 1.31. The predicted molar refractivity (Wildman–Crippen MR) is 235 cm³/mol. The van der Waals surface area contributed by atoms with Crippen LogP contribution in [0.2, 0.25) is 0 Å². The molecule has 0 saturated heterocycles. The maximum atomic E-state index is 5.24. The quantitative estimate of drug-likeness (QED) is 0.0730. The van der Waals surface area contributed by atoms with E-state index in [9.17, 15) is 0 Å². The zero-order valence-corrected chi connectivity index (χ0v) is 35.5. The molecular formula is C48H69N7. The molecule has 2 atom stereocenters. The molecule has 0 aliphatic rings. The lowest BCUT2D eigenvalue weighted by atomic mass is 10.0. The zero-order valence-electron chi connectivity index (χ0n) is 35.5. The summed E-state index contributed by atoms with van der Waals surface area (Å²) in [7, 11) is 0. The van der Waals surface area contributed by atoms with Crippen molar-refractivity contribution in [2.24, 2.45) is 0 Å². The van der Waals surface area contributed by atoms with E-state index in [4.69, 9.17) is 9.97 Å². The van der Waals surface area contributed by atoms with E-state index in [-0.39, 0.29) is 0 Å². The number of nitrogens with zero attached hydrogens (tertiary/aromatic N) is 5. The van der Waals surface area contributed by atoms with Crippen LogP contribution in [0.5, 0.6) is 0 Å². The number of hydrogen-bond acceptors (Lipinski definition) is 6. The van der Waals surface area contributed by atoms with E-state index in [2.05, 4.69) is 185 Å². The fourth-order valence-electron chi connectivity index (χ4n) is 8.72. The molecule has 0 radical (unpaired) electrons. The zero-order chi connectivity index (χ0) is 39.5. The molecule has 296 valence electrons. The lowest BCUT2D eigenvalue weighted by Crippen LogP contribution is -2.45. The molecule has 7 heteroatoms. The Bertz CT molecular complexity index is 1840. The Morgan fingerprint density at radius 1 is 0.564 bits per heavy atom. The monoisotopic (exact) mass is 744 g/mol. The van der Waals surface area contributed by atoms with Crippen molar-refractivity contribution >= 4 is 11.0 Å². The lowest BCUT2D eigenvalue weighted by molar-refractivity contribution is 0.103. The van der Waals surface area contributed by atoms with Crippen LogP contribution in [-0.2, 0) is 13.1 Å². The molecule has 7 nitrogen and oxygen atoms in total. The summed E-state index contributed by atoms with van der Waals surface area (Å²) in [6.07, 6.45) is 6.76. The van der Waals surface area contributed by atoms with Crippen LogP contribution in [0, 0.1) is 0 Å². The molecule has 0 aliphatic heterocycles. The number of fused-ring (bicyclic) bond motifs is 1. The summed E-state index contributed by atoms with van der Waals surface area (Å²) < 4.78 is 2.17. The molecule has 0 aliphatic carbocycles. The number of rotatable bonds is 21. The first-order valence-electron chi connectivity index (χ1n) is 21.1. The third-order valence-electron chi connectivity index (χ3n) is 11.2. The normalized spacial score (nSPS) is 13.4. The van der Waals surface area contributed by atoms with E-state index in [1.54, 1.807) is 0 Å². The van der Waals surface area contributed by atoms with E-state index in [0.29, 0.717) is 36.3 Å². The second-order valence-electron chi connectivity index (χ2n) is 16.4. The van der Waals surface area contributed by atoms with E-state index in [1.165, 1.54) is 24.0 Å². The molecule has 55 heavy (non-hydrogen) atoms. The molecule has 2 unspecified atom stereocenters. The van der Waals surface area contributed by atoms with Gasteiger partial charge in [-0.1, -0.05) is 80.6 Å². The van der Waals surface area contributed by atoms with Gasteiger partial charge < -0.3 is 15.2 Å². The van der Waals surface area contributed by atoms with Crippen molar-refractivity contribution in [1.29, 1.82) is 0 Å². The van der Waals surface area contributed by atoms with Crippen LogP contribution in [-0.4, -0.2) is 73.7 Å². The first-order chi connectivity index (χ1) is 26.5. The molecule has 2 N–H and O–H groups in total. The van der Waals surface area contributed by atoms with Gasteiger partial charge in [-0.05, 0) is 123 Å². The van der Waals surface area contributed by atoms with E-state index < -0.39 is 0 Å². The van der Waals surface area contributed by atoms with Crippen LogP contribution in [0.15, 0.2) is 91.1 Å². The largest absolute Gasteiger partial charge is 0.313 e. The fraction of sp³-hybridized carbons (Fsp3) is 0.500. The van der Waals surface area contributed by atoms with Crippen LogP contribution >= 0.6 is 0 Å². The van der Waals surface area contributed by atoms with E-state index in [0.717, 1.165) is 78.4 Å². The Kier molecular flexibility index (Phi) is 15.6. The van der Waals surface area contributed by atoms with Gasteiger partial charge in [0.15, 0.2) is 5.82 Å². The van der Waals surface area contributed by atoms with Gasteiger partial charge in [-0.15, -0.1) is 0 Å². The molecule has 5 aromatic rings. The standard InChI is InChI=1S/C48H69N7/c1-11-42(54(34(3)4)35(5)6)26-29-49-32-38-18-22-40(23-19-38)46-45-28-31-53(44-16-14-13-15-17-44)48(45)52-47(51-46)41-24-20-39(21-25-41)33-50-30-27-43(12-2)55(36(7)8)37(9)10/h13-25,28,31,34-37,42-43,49-50H,11-12,26-27,29-30,32-33H2,1-10H3. The topological polar surface area (TPSA) is 61.3 Å². The molecule has 0 spiro atoms. The lowest BCUT2D eigenvalue weighted by Gasteiger charge is -2.38. The minimum Gasteiger partial charge on any atom is -0.313 e. The first kappa shape index (κ1) is 42.3. The van der Waals surface area contributed by atoms with Crippen LogP contribution in [0.3, 0.4) is 0 Å². The highest BCUT2D eigenvalue weighted by Crippen LogP contribution is 2.32. The number of hydrogen-bond donors (Lipinski definition) is 2. The summed E-state index contributed by atoms with van der Waals surface area (Å²) in [6, 6.07) is 33.7. The maximum Gasteiger partial charge on any atom is 0.162 e. The van der Waals surface area contributed by atoms with Gasteiger partial charge in [0, 0.05) is 77.7 Å². The number of benzene rings is 3. The molecule has 0 fully saturated rings. The number of aromatic nitrogens is 3. The molecule has 0 bridgehead atoms. The van der Waals surface area contributed by atoms with Gasteiger partial charge in [-0.3, -0.25) is 9.80 Å². The molecule has 2 heterocycles. The third-order valence-corrected chi connectivity index (χ3v) is 11.2. The fourth-order valence-corrected chi connectivity index (χ4v) is 8.72. The Morgan fingerprint density at radius 3 is 1.49 bits per heavy atom. The summed E-state index contributed by atoms with van der Waals surface area (Å²) in [5.74, 6) is 0.735. The summed E-state index contributed by atoms with van der Waals surface area (Å²) in [5, 5.41) is 8.47. The van der Waals surface area contributed by atoms with E-state index >= 15 is 0 Å². The second kappa shape index (κ2) is 20.3. The van der Waals surface area contributed by atoms with Crippen molar-refractivity contribution in [3.05, 3.63) is 102 Å². The van der Waals surface area contributed by atoms with Crippen LogP contribution < -0.4 is 10.6 Å². The highest BCUT2D eigenvalue weighted by atomic mass is 15.2. The molecule has 2 aromatic heterocycles. The number of nitrogens with one attached hydrogen (secondary N) is 2. The first-order valence-corrected chi connectivity index (χ1v) is 21.1. The van der Waals surface area contributed by atoms with Gasteiger partial charge in [-0.25, -0.2) is 9.97 Å². The summed E-state index contributed by atoms with van der Waals surface area (Å²) in [6.45, 7) is 26.8. The van der Waals surface area contributed by atoms with Gasteiger partial charge in [0.25, 0.3) is 0 Å². The molecule has 3 aromatic carbocycles. The summed E-state index contributed by atoms with van der Waals surface area (Å²) >= 11 is 0. The molecule has 0 amide bonds. The van der Waals surface area contributed by atoms with Crippen LogP contribution in [0.1, 0.15) is 106 Å². The van der Waals surface area contributed by atoms with Crippen molar-refractivity contribution < 1.29 is 0 Å². The van der Waals surface area contributed by atoms with Gasteiger partial charge >= 0.3 is 0 Å². The van der Waals surface area contributed by atoms with Gasteiger partial charge in [-0.2, -0.15) is 0 Å². The van der Waals surface area contributed by atoms with Gasteiger partial charge in [0.05, 0.1) is 5.69 Å². The van der Waals surface area contributed by atoms with Crippen molar-refractivity contribution in [3.63, 3.8) is 0 Å². The maximum absolute atomic E-state index is 5.24. The minimum atomic E-state index is 0.552. The molecule has 5 rings (SSSR count). The number of para-hydroxylation sites is 1. The van der Waals surface area contributed by atoms with Gasteiger partial charge in [0.2, 0.25) is 0 Å². The van der Waals surface area contributed by atoms with E-state index in [1.807, 2.05) is 0 Å². The van der Waals surface area contributed by atoms with Crippen LogP contribution in [0.25, 0.3) is 39.4 Å². The highest BCUT2D eigenvalue weighted by molar-refractivity contribution is 5.93. The van der Waals surface area contributed by atoms with Crippen LogP contribution in [0.4, 0.5) is 0 Å². The second-order valence-corrected chi connectivity index (χ2v) is 16.4. The average molecular weight is 744 g/mol. The SMILES string of the molecule is CCC(CCNCc1ccc(-c2nc(-c3ccc(CNCCC(CC)N(C(C)C)C(C)C)cc3)c3ccn(-c4ccccc4)c3n2)cc1)N(C(C)C)C(C)C. The Morgan fingerprint density at radius 2 is 1.04 bits per heavy atom. The predicted octanol–water partition coefficient (Wildman–Crippen LogP) is 10.5. The average Bonchev–Trinajstić information content (AvgIpc) is 3.61. The third kappa shape index (κ3) is 10.9. The molecule has 0 saturated carbocycles. The molecular weight excluding hydrogens is 675 g/mol. The van der Waals surface area contributed by atoms with Crippen molar-refractivity contribution in [3.8, 4) is 28.3 Å². The van der Waals surface area contributed by atoms with Crippen molar-refractivity contribution in [2.45, 2.75) is 144 Å². The Labute approximate surface area is 333 Å². The smallest absolute Gasteiger partial charge is 0.162 e. The Hall–Kier alpha value is -3.88. The minimum absolute atomic E-state index is 0.552. The van der Waals surface area contributed by atoms with Crippen molar-refractivity contribution in [2.75, 3.05) is 13.1 Å². The highest BCUT2D eigenvalue weighted by Gasteiger charge is 2.23. The summed E-state index contributed by atoms with van der Waals surface area (Å²) in [5.41, 5.74) is 7.60. The summed E-state index contributed by atoms with van der Waals surface area (Å²) in [4.78, 5) is 15.7. The van der Waals surface area contributed by atoms with Crippen molar-refractivity contribution in [1.82, 2.24) is 35.0 Å².